The van der Waals surface area contributed by atoms with E-state index in [9.17, 15) is 4.79 Å². The topological polar surface area (TPSA) is 23.3 Å². The van der Waals surface area contributed by atoms with Gasteiger partial charge in [0.2, 0.25) is 5.69 Å². The molecule has 0 aromatic heterocycles. The zero-order chi connectivity index (χ0) is 28.9. The Balaban J connectivity index is 1.48. The van der Waals surface area contributed by atoms with Crippen molar-refractivity contribution in [2.45, 2.75) is 58.1 Å². The molecular weight excluding hydrogens is 520 g/mol. The minimum Gasteiger partial charge on any atom is -0.344 e. The molecule has 2 aliphatic heterocycles. The van der Waals surface area contributed by atoms with Gasteiger partial charge in [-0.1, -0.05) is 80.6 Å². The molecule has 4 heteroatoms. The van der Waals surface area contributed by atoms with Crippen molar-refractivity contribution in [1.29, 1.82) is 0 Å². The second-order valence-corrected chi connectivity index (χ2v) is 13.1. The van der Waals surface area contributed by atoms with Crippen LogP contribution < -0.4 is 4.90 Å². The molecular formula is C37H39N2OS+. The first-order valence-electron chi connectivity index (χ1n) is 14.7. The van der Waals surface area contributed by atoms with E-state index >= 15 is 0 Å². The van der Waals surface area contributed by atoms with E-state index < -0.39 is 0 Å². The maximum Gasteiger partial charge on any atom is 0.209 e. The number of nitrogens with zero attached hydrogens (tertiary/aromatic N) is 2. The van der Waals surface area contributed by atoms with Gasteiger partial charge in [0.15, 0.2) is 11.5 Å². The Kier molecular flexibility index (Phi) is 6.94. The van der Waals surface area contributed by atoms with E-state index in [0.717, 1.165) is 34.9 Å². The number of fused-ring (bicyclic) bond motifs is 2. The molecule has 0 atom stereocenters. The zero-order valence-corrected chi connectivity index (χ0v) is 25.8. The van der Waals surface area contributed by atoms with Crippen molar-refractivity contribution in [1.82, 2.24) is 0 Å². The summed E-state index contributed by atoms with van der Waals surface area (Å²) in [4.78, 5) is 17.6. The second kappa shape index (κ2) is 10.3. The summed E-state index contributed by atoms with van der Waals surface area (Å²) in [6.45, 7) is 15.2. The first-order valence-corrected chi connectivity index (χ1v) is 15.7. The number of rotatable bonds is 7. The average Bonchev–Trinajstić information content (AvgIpc) is 3.34. The van der Waals surface area contributed by atoms with Crippen molar-refractivity contribution in [2.75, 3.05) is 18.0 Å². The fourth-order valence-corrected chi connectivity index (χ4v) is 7.86. The summed E-state index contributed by atoms with van der Waals surface area (Å²) in [6.07, 6.45) is 4.38. The Morgan fingerprint density at radius 2 is 1.46 bits per heavy atom. The van der Waals surface area contributed by atoms with Crippen LogP contribution in [0.1, 0.15) is 58.2 Å². The van der Waals surface area contributed by atoms with Crippen LogP contribution in [0, 0.1) is 0 Å². The molecule has 0 N–H and O–H groups in total. The van der Waals surface area contributed by atoms with E-state index in [0.29, 0.717) is 0 Å². The van der Waals surface area contributed by atoms with Crippen molar-refractivity contribution >= 4 is 34.6 Å². The molecule has 3 aliphatic rings. The molecule has 3 nitrogen and oxygen atoms in total. The maximum absolute atomic E-state index is 14.1. The van der Waals surface area contributed by atoms with E-state index in [2.05, 4.69) is 142 Å². The van der Waals surface area contributed by atoms with Crippen LogP contribution in [0.25, 0.3) is 0 Å². The summed E-state index contributed by atoms with van der Waals surface area (Å²) in [6, 6.07) is 27.8. The maximum atomic E-state index is 14.1. The fourth-order valence-electron chi connectivity index (χ4n) is 6.74. The minimum atomic E-state index is -0.183. The summed E-state index contributed by atoms with van der Waals surface area (Å²) >= 11 is 1.78. The summed E-state index contributed by atoms with van der Waals surface area (Å²) in [5.41, 5.74) is 10.1. The van der Waals surface area contributed by atoms with E-state index in [-0.39, 0.29) is 16.6 Å². The Morgan fingerprint density at radius 1 is 0.805 bits per heavy atom. The summed E-state index contributed by atoms with van der Waals surface area (Å²) in [7, 11) is 0. The average molecular weight is 560 g/mol. The number of hydrogen-bond donors (Lipinski definition) is 0. The molecule has 0 saturated carbocycles. The molecule has 0 saturated heterocycles. The highest BCUT2D eigenvalue weighted by Gasteiger charge is 2.46. The lowest BCUT2D eigenvalue weighted by atomic mass is 9.78. The zero-order valence-electron chi connectivity index (χ0n) is 25.0. The van der Waals surface area contributed by atoms with Crippen LogP contribution in [0.2, 0.25) is 0 Å². The lowest BCUT2D eigenvalue weighted by molar-refractivity contribution is -0.433. The Hall–Kier alpha value is -3.63. The molecule has 0 unspecified atom stereocenters. The molecule has 0 spiro atoms. The number of thioether (sulfide) groups is 1. The highest BCUT2D eigenvalue weighted by atomic mass is 32.2. The number of allylic oxidation sites excluding steroid dienone is 5. The van der Waals surface area contributed by atoms with Crippen LogP contribution in [0.15, 0.2) is 113 Å². The molecule has 0 amide bonds. The smallest absolute Gasteiger partial charge is 0.209 e. The normalized spacial score (nSPS) is 20.6. The summed E-state index contributed by atoms with van der Waals surface area (Å²) < 4.78 is 2.38. The van der Waals surface area contributed by atoms with Gasteiger partial charge in [0.05, 0.1) is 5.41 Å². The first kappa shape index (κ1) is 27.5. The summed E-state index contributed by atoms with van der Waals surface area (Å²) in [5, 5.41) is 0. The molecule has 41 heavy (non-hydrogen) atoms. The molecule has 6 rings (SSSR count). The van der Waals surface area contributed by atoms with Crippen molar-refractivity contribution in [3.63, 3.8) is 0 Å². The predicted molar refractivity (Wildman–Crippen MR) is 173 cm³/mol. The fraction of sp³-hybridized carbons (Fsp3) is 0.297. The van der Waals surface area contributed by atoms with Gasteiger partial charge >= 0.3 is 0 Å². The number of carbonyl (C=O) groups excluding carboxylic acids is 1. The monoisotopic (exact) mass is 559 g/mol. The molecule has 3 aromatic carbocycles. The van der Waals surface area contributed by atoms with Gasteiger partial charge in [0, 0.05) is 62.9 Å². The summed E-state index contributed by atoms with van der Waals surface area (Å²) in [5.74, 6) is 0.969. The van der Waals surface area contributed by atoms with E-state index in [1.165, 1.54) is 39.5 Å². The van der Waals surface area contributed by atoms with Crippen LogP contribution in [0.3, 0.4) is 0 Å². The number of likely N-dealkylation sites (N-methyl/N-ethyl adjacent to an activating group) is 1. The highest BCUT2D eigenvalue weighted by molar-refractivity contribution is 8.02. The lowest BCUT2D eigenvalue weighted by Crippen LogP contribution is -2.31. The van der Waals surface area contributed by atoms with Gasteiger partial charge < -0.3 is 4.90 Å². The van der Waals surface area contributed by atoms with Crippen molar-refractivity contribution in [2.24, 2.45) is 0 Å². The molecule has 0 fully saturated rings. The van der Waals surface area contributed by atoms with Gasteiger partial charge in [-0.15, -0.1) is 11.8 Å². The number of benzene rings is 3. The largest absolute Gasteiger partial charge is 0.344 e. The van der Waals surface area contributed by atoms with Gasteiger partial charge in [0.1, 0.15) is 6.54 Å². The molecule has 208 valence electrons. The second-order valence-electron chi connectivity index (χ2n) is 12.1. The van der Waals surface area contributed by atoms with Crippen molar-refractivity contribution in [3.8, 4) is 0 Å². The number of para-hydroxylation sites is 2. The van der Waals surface area contributed by atoms with Crippen LogP contribution in [0.5, 0.6) is 0 Å². The lowest BCUT2D eigenvalue weighted by Gasteiger charge is -2.30. The van der Waals surface area contributed by atoms with Crippen LogP contribution in [-0.4, -0.2) is 29.2 Å². The molecule has 3 aromatic rings. The molecule has 1 aliphatic carbocycles. The number of hydrogen-bond acceptors (Lipinski definition) is 3. The van der Waals surface area contributed by atoms with Gasteiger partial charge in [-0.05, 0) is 51.0 Å². The van der Waals surface area contributed by atoms with Gasteiger partial charge in [-0.3, -0.25) is 4.79 Å². The van der Waals surface area contributed by atoms with Gasteiger partial charge in [-0.25, -0.2) is 0 Å². The van der Waals surface area contributed by atoms with E-state index in [1.54, 1.807) is 11.8 Å². The molecule has 0 bridgehead atoms. The third-order valence-corrected chi connectivity index (χ3v) is 10.2. The molecule has 0 radical (unpaired) electrons. The standard InChI is InChI=1S/C37H39N2OS/c1-7-38-30-20-14-12-18-28(30)36(3,4)32(38)22-26-34(40)27(35(26)41-24-25-16-10-9-11-17-25)23-33-37(5,6)29-19-13-15-21-31(29)39(33)8-2/h9-23H,7-8,24H2,1-6H3/q+1. The highest BCUT2D eigenvalue weighted by Crippen LogP contribution is 2.50. The van der Waals surface area contributed by atoms with Gasteiger partial charge in [-0.2, -0.15) is 4.58 Å². The van der Waals surface area contributed by atoms with Crippen LogP contribution in [-0.2, 0) is 21.4 Å². The van der Waals surface area contributed by atoms with E-state index in [4.69, 9.17) is 0 Å². The van der Waals surface area contributed by atoms with Gasteiger partial charge in [0.25, 0.3) is 0 Å². The predicted octanol–water partition coefficient (Wildman–Crippen LogP) is 8.48. The van der Waals surface area contributed by atoms with Crippen molar-refractivity contribution < 1.29 is 9.37 Å². The number of anilines is 1. The van der Waals surface area contributed by atoms with E-state index in [1.807, 2.05) is 0 Å². The third kappa shape index (κ3) is 4.35. The van der Waals surface area contributed by atoms with Crippen LogP contribution >= 0.6 is 11.8 Å². The SMILES string of the molecule is CCN1/C(=C\C2=C(SCc3ccccc3)C(=C\C3=[N+](CC)c4ccccc4C3(C)C)/C2=O)C(C)(C)c2ccccc21. The number of Topliss-reactive ketones (excluding diaryl/α,β-unsaturated/α-hetero) is 1. The Labute approximate surface area is 249 Å². The Bertz CT molecular complexity index is 1670. The minimum absolute atomic E-state index is 0.145. The third-order valence-electron chi connectivity index (χ3n) is 9.00. The number of carbonyl (C=O) groups is 1. The van der Waals surface area contributed by atoms with Crippen LogP contribution in [0.4, 0.5) is 11.4 Å². The van der Waals surface area contributed by atoms with Crippen molar-refractivity contribution in [3.05, 3.63) is 129 Å². The molecule has 2 heterocycles. The first-order chi connectivity index (χ1) is 19.7. The number of ketones is 1. The Morgan fingerprint density at radius 3 is 2.17 bits per heavy atom. The quantitative estimate of drug-likeness (QED) is 0.214.